The summed E-state index contributed by atoms with van der Waals surface area (Å²) in [6.45, 7) is 5.64. The third-order valence-electron chi connectivity index (χ3n) is 2.28. The van der Waals surface area contributed by atoms with Gasteiger partial charge in [-0.3, -0.25) is 0 Å². The van der Waals surface area contributed by atoms with Gasteiger partial charge in [-0.2, -0.15) is 13.2 Å². The van der Waals surface area contributed by atoms with Gasteiger partial charge in [0.05, 0.1) is 0 Å². The second kappa shape index (κ2) is 4.26. The Bertz CT molecular complexity index is 644. The fourth-order valence-electron chi connectivity index (χ4n) is 1.32. The van der Waals surface area contributed by atoms with Crippen LogP contribution in [0.25, 0.3) is 5.65 Å². The topological polar surface area (TPSA) is 60.2 Å². The van der Waals surface area contributed by atoms with Crippen molar-refractivity contribution in [2.24, 2.45) is 0 Å². The summed E-state index contributed by atoms with van der Waals surface area (Å²) in [6.07, 6.45) is 1.08. The molecule has 0 spiro atoms. The predicted octanol–water partition coefficient (Wildman–Crippen LogP) is 2.05. The molecule has 0 bridgehead atoms. The van der Waals surface area contributed by atoms with Crippen molar-refractivity contribution < 1.29 is 17.4 Å². The number of aromatic nitrogens is 4. The van der Waals surface area contributed by atoms with Crippen LogP contribution in [-0.4, -0.2) is 29.3 Å². The first-order chi connectivity index (χ1) is 8.59. The summed E-state index contributed by atoms with van der Waals surface area (Å²) < 4.78 is 49.5. The maximum absolute atomic E-state index is 12.3. The van der Waals surface area contributed by atoms with Crippen molar-refractivity contribution in [3.05, 3.63) is 18.2 Å². The smallest absolute Gasteiger partial charge is 0.244 e. The summed E-state index contributed by atoms with van der Waals surface area (Å²) in [4.78, 5) is 7.63. The van der Waals surface area contributed by atoms with Gasteiger partial charge >= 0.3 is 5.51 Å². The molecule has 0 radical (unpaired) electrons. The monoisotopic (exact) mass is 292 g/mol. The quantitative estimate of drug-likeness (QED) is 0.755. The van der Waals surface area contributed by atoms with Crippen LogP contribution in [0.3, 0.4) is 0 Å². The zero-order valence-corrected chi connectivity index (χ0v) is 11.2. The van der Waals surface area contributed by atoms with E-state index in [2.05, 4.69) is 15.1 Å². The van der Waals surface area contributed by atoms with E-state index in [-0.39, 0.29) is 11.1 Å². The molecular weight excluding hydrogens is 281 g/mol. The van der Waals surface area contributed by atoms with Crippen molar-refractivity contribution in [2.45, 2.75) is 36.7 Å². The van der Waals surface area contributed by atoms with E-state index in [0.717, 1.165) is 12.4 Å². The molecule has 9 heteroatoms. The van der Waals surface area contributed by atoms with Crippen molar-refractivity contribution in [3.63, 3.8) is 0 Å². The highest BCUT2D eigenvalue weighted by Gasteiger charge is 2.39. The number of hydrogen-bond acceptors (Lipinski definition) is 4. The number of hydrogen-bond donors (Lipinski definition) is 0. The lowest BCUT2D eigenvalue weighted by molar-refractivity contribution is -0.0386. The minimum atomic E-state index is -4.84. The van der Waals surface area contributed by atoms with Crippen LogP contribution in [0.2, 0.25) is 0 Å². The van der Waals surface area contributed by atoms with Gasteiger partial charge in [0, 0.05) is 11.5 Å². The van der Waals surface area contributed by atoms with E-state index in [1.165, 1.54) is 4.52 Å². The zero-order chi connectivity index (χ0) is 14.4. The molecule has 2 heterocycles. The molecule has 0 saturated carbocycles. The fraction of sp³-hybridized carbons (Fsp3) is 0.500. The molecular formula is C10H11F3N4OS. The Balaban J connectivity index is 2.50. The zero-order valence-electron chi connectivity index (χ0n) is 10.4. The Hall–Kier alpha value is -1.51. The molecule has 0 fully saturated rings. The van der Waals surface area contributed by atoms with Gasteiger partial charge in [-0.05, 0) is 0 Å². The Morgan fingerprint density at radius 1 is 1.26 bits per heavy atom. The summed E-state index contributed by atoms with van der Waals surface area (Å²) in [5.74, 6) is 0.476. The largest absolute Gasteiger partial charge is 0.477 e. The van der Waals surface area contributed by atoms with Crippen molar-refractivity contribution in [3.8, 4) is 0 Å². The molecule has 2 rings (SSSR count). The number of fused-ring (bicyclic) bond motifs is 1. The van der Waals surface area contributed by atoms with Crippen LogP contribution in [0.5, 0.6) is 0 Å². The number of nitrogens with zero attached hydrogens (tertiary/aromatic N) is 4. The summed E-state index contributed by atoms with van der Waals surface area (Å²) in [5, 5.41) is 3.53. The lowest BCUT2D eigenvalue weighted by Gasteiger charge is -2.11. The molecule has 0 N–H and O–H groups in total. The van der Waals surface area contributed by atoms with Crippen LogP contribution in [0.15, 0.2) is 17.4 Å². The molecule has 0 aliphatic rings. The molecule has 0 amide bonds. The van der Waals surface area contributed by atoms with E-state index < -0.39 is 21.3 Å². The highest BCUT2D eigenvalue weighted by atomic mass is 32.2. The van der Waals surface area contributed by atoms with Crippen molar-refractivity contribution in [1.82, 2.24) is 19.6 Å². The molecule has 0 aromatic carbocycles. The lowest BCUT2D eigenvalue weighted by atomic mass is 9.96. The average molecular weight is 292 g/mol. The first-order valence-electron chi connectivity index (χ1n) is 5.30. The molecule has 1 unspecified atom stereocenters. The Morgan fingerprint density at radius 2 is 1.89 bits per heavy atom. The Kier molecular flexibility index (Phi) is 3.12. The normalized spacial score (nSPS) is 14.8. The summed E-state index contributed by atoms with van der Waals surface area (Å²) in [7, 11) is -3.16. The van der Waals surface area contributed by atoms with E-state index in [0.29, 0.717) is 5.82 Å². The van der Waals surface area contributed by atoms with Gasteiger partial charge in [0.25, 0.3) is 0 Å². The third kappa shape index (κ3) is 2.75. The van der Waals surface area contributed by atoms with Gasteiger partial charge < -0.3 is 0 Å². The maximum Gasteiger partial charge on any atom is 0.477 e. The number of rotatable bonds is 1. The molecule has 0 aliphatic heterocycles. The van der Waals surface area contributed by atoms with E-state index in [1.807, 2.05) is 20.8 Å². The van der Waals surface area contributed by atoms with Crippen LogP contribution < -0.4 is 0 Å². The highest BCUT2D eigenvalue weighted by molar-refractivity contribution is 7.85. The number of alkyl halides is 3. The second-order valence-corrected chi connectivity index (χ2v) is 6.35. The predicted molar refractivity (Wildman–Crippen MR) is 61.9 cm³/mol. The van der Waals surface area contributed by atoms with Gasteiger partial charge in [-0.1, -0.05) is 20.8 Å². The van der Waals surface area contributed by atoms with Gasteiger partial charge in [-0.25, -0.2) is 18.7 Å². The minimum Gasteiger partial charge on any atom is -0.244 e. The van der Waals surface area contributed by atoms with Crippen LogP contribution in [-0.2, 0) is 16.2 Å². The standard InChI is InChI=1S/C10H11F3N4OS/c1-9(2,3)8-15-6-4-7(14-5-17(6)16-8)19(18)10(11,12)13/h4-5H,1-3H3. The Labute approximate surface area is 109 Å². The molecule has 0 aliphatic carbocycles. The van der Waals surface area contributed by atoms with Crippen molar-refractivity contribution in [1.29, 1.82) is 0 Å². The Morgan fingerprint density at radius 3 is 2.42 bits per heavy atom. The molecule has 2 aromatic rings. The second-order valence-electron chi connectivity index (χ2n) is 4.93. The molecule has 104 valence electrons. The average Bonchev–Trinajstić information content (AvgIpc) is 2.68. The first-order valence-corrected chi connectivity index (χ1v) is 6.45. The fourth-order valence-corrected chi connectivity index (χ4v) is 1.91. The van der Waals surface area contributed by atoms with Crippen LogP contribution in [0.1, 0.15) is 26.6 Å². The summed E-state index contributed by atoms with van der Waals surface area (Å²) in [5.41, 5.74) is -4.99. The van der Waals surface area contributed by atoms with Gasteiger partial charge in [-0.15, -0.1) is 5.10 Å². The first kappa shape index (κ1) is 13.9. The molecule has 1 atom stereocenters. The molecule has 2 aromatic heterocycles. The van der Waals surface area contributed by atoms with Crippen LogP contribution in [0, 0.1) is 0 Å². The highest BCUT2D eigenvalue weighted by Crippen LogP contribution is 2.26. The van der Waals surface area contributed by atoms with E-state index in [4.69, 9.17) is 0 Å². The molecule has 0 saturated heterocycles. The summed E-state index contributed by atoms with van der Waals surface area (Å²) >= 11 is 0. The summed E-state index contributed by atoms with van der Waals surface area (Å²) in [6, 6.07) is 1.03. The van der Waals surface area contributed by atoms with Gasteiger partial charge in [0.15, 0.2) is 22.3 Å². The molecule has 19 heavy (non-hydrogen) atoms. The van der Waals surface area contributed by atoms with Crippen molar-refractivity contribution >= 4 is 16.4 Å². The molecule has 5 nitrogen and oxygen atoms in total. The van der Waals surface area contributed by atoms with Gasteiger partial charge in [0.2, 0.25) is 0 Å². The van der Waals surface area contributed by atoms with Crippen LogP contribution >= 0.6 is 0 Å². The third-order valence-corrected chi connectivity index (χ3v) is 3.30. The maximum atomic E-state index is 12.3. The van der Waals surface area contributed by atoms with E-state index in [1.54, 1.807) is 0 Å². The van der Waals surface area contributed by atoms with Gasteiger partial charge in [0.1, 0.15) is 11.4 Å². The SMILES string of the molecule is CC(C)(C)c1nc2cc(S(=O)C(F)(F)F)ncn2n1. The van der Waals surface area contributed by atoms with Crippen molar-refractivity contribution in [2.75, 3.05) is 0 Å². The van der Waals surface area contributed by atoms with Crippen LogP contribution in [0.4, 0.5) is 13.2 Å². The van der Waals surface area contributed by atoms with E-state index >= 15 is 0 Å². The minimum absolute atomic E-state index is 0.188. The van der Waals surface area contributed by atoms with E-state index in [9.17, 15) is 17.4 Å². The number of halogens is 3. The lowest BCUT2D eigenvalue weighted by Crippen LogP contribution is -2.17.